The number of esters is 1. The van der Waals surface area contributed by atoms with Gasteiger partial charge in [0, 0.05) is 13.5 Å². The van der Waals surface area contributed by atoms with Crippen molar-refractivity contribution in [2.75, 3.05) is 0 Å². The van der Waals surface area contributed by atoms with Gasteiger partial charge in [0.25, 0.3) is 0 Å². The molecule has 114 valence electrons. The Morgan fingerprint density at radius 1 is 0.955 bits per heavy atom. The molecular weight excluding hydrogens is 278 g/mol. The highest BCUT2D eigenvalue weighted by molar-refractivity contribution is 5.91. The zero-order valence-corrected chi connectivity index (χ0v) is 12.8. The maximum absolute atomic E-state index is 12.1. The highest BCUT2D eigenvalue weighted by Crippen LogP contribution is 2.15. The maximum atomic E-state index is 12.1. The van der Waals surface area contributed by atoms with Crippen LogP contribution in [0.1, 0.15) is 35.3 Å². The van der Waals surface area contributed by atoms with Crippen molar-refractivity contribution >= 4 is 11.9 Å². The van der Waals surface area contributed by atoms with Crippen molar-refractivity contribution in [3.05, 3.63) is 65.2 Å². The first-order valence-corrected chi connectivity index (χ1v) is 7.23. The Morgan fingerprint density at radius 2 is 1.55 bits per heavy atom. The summed E-state index contributed by atoms with van der Waals surface area (Å²) in [4.78, 5) is 22.9. The van der Waals surface area contributed by atoms with Crippen molar-refractivity contribution in [1.29, 1.82) is 0 Å². The third-order valence-corrected chi connectivity index (χ3v) is 3.27. The van der Waals surface area contributed by atoms with Gasteiger partial charge in [0.2, 0.25) is 5.91 Å². The number of benzene rings is 2. The molecule has 0 spiro atoms. The molecule has 4 nitrogen and oxygen atoms in total. The Morgan fingerprint density at radius 3 is 2.09 bits per heavy atom. The summed E-state index contributed by atoms with van der Waals surface area (Å²) in [5.41, 5.74) is 2.60. The minimum atomic E-state index is -0.393. The molecule has 2 rings (SSSR count). The Balaban J connectivity index is 1.98. The van der Waals surface area contributed by atoms with Crippen LogP contribution >= 0.6 is 0 Å². The first-order valence-electron chi connectivity index (χ1n) is 7.23. The highest BCUT2D eigenvalue weighted by Gasteiger charge is 2.08. The van der Waals surface area contributed by atoms with Crippen LogP contribution in [-0.2, 0) is 17.8 Å². The van der Waals surface area contributed by atoms with E-state index in [1.165, 1.54) is 12.5 Å². The number of rotatable bonds is 5. The van der Waals surface area contributed by atoms with E-state index in [0.29, 0.717) is 17.9 Å². The Hall–Kier alpha value is -2.62. The SMILES string of the molecule is CCc1ccc(OC(=O)c2ccc(CNC(C)=O)cc2)cc1. The molecule has 22 heavy (non-hydrogen) atoms. The molecule has 0 aliphatic carbocycles. The van der Waals surface area contributed by atoms with Gasteiger partial charge in [-0.3, -0.25) is 4.79 Å². The first kappa shape index (κ1) is 15.8. The molecule has 4 heteroatoms. The predicted octanol–water partition coefficient (Wildman–Crippen LogP) is 3.10. The molecule has 0 saturated carbocycles. The van der Waals surface area contributed by atoms with Crippen molar-refractivity contribution in [2.24, 2.45) is 0 Å². The number of carbonyl (C=O) groups excluding carboxylic acids is 2. The second kappa shape index (κ2) is 7.41. The lowest BCUT2D eigenvalue weighted by atomic mass is 10.1. The number of carbonyl (C=O) groups is 2. The van der Waals surface area contributed by atoms with Gasteiger partial charge in [-0.05, 0) is 41.8 Å². The molecule has 0 radical (unpaired) electrons. The number of hydrogen-bond donors (Lipinski definition) is 1. The van der Waals surface area contributed by atoms with Gasteiger partial charge in [0.1, 0.15) is 5.75 Å². The summed E-state index contributed by atoms with van der Waals surface area (Å²) >= 11 is 0. The topological polar surface area (TPSA) is 55.4 Å². The quantitative estimate of drug-likeness (QED) is 0.681. The van der Waals surface area contributed by atoms with E-state index < -0.39 is 5.97 Å². The molecule has 0 bridgehead atoms. The Kier molecular flexibility index (Phi) is 5.31. The Labute approximate surface area is 130 Å². The van der Waals surface area contributed by atoms with E-state index in [-0.39, 0.29) is 5.91 Å². The van der Waals surface area contributed by atoms with E-state index in [0.717, 1.165) is 12.0 Å². The van der Waals surface area contributed by atoms with Crippen LogP contribution < -0.4 is 10.1 Å². The van der Waals surface area contributed by atoms with Crippen molar-refractivity contribution < 1.29 is 14.3 Å². The molecule has 0 aliphatic heterocycles. The standard InChI is InChI=1S/C18H19NO3/c1-3-14-6-10-17(11-7-14)22-18(21)16-8-4-15(5-9-16)12-19-13(2)20/h4-11H,3,12H2,1-2H3,(H,19,20). The zero-order chi connectivity index (χ0) is 15.9. The number of aryl methyl sites for hydroxylation is 1. The van der Waals surface area contributed by atoms with Gasteiger partial charge in [-0.1, -0.05) is 31.2 Å². The molecule has 2 aromatic carbocycles. The van der Waals surface area contributed by atoms with Crippen LogP contribution in [0, 0.1) is 0 Å². The fraction of sp³-hybridized carbons (Fsp3) is 0.222. The van der Waals surface area contributed by atoms with Crippen LogP contribution in [0.4, 0.5) is 0 Å². The summed E-state index contributed by atoms with van der Waals surface area (Å²) in [7, 11) is 0. The lowest BCUT2D eigenvalue weighted by molar-refractivity contribution is -0.119. The van der Waals surface area contributed by atoms with E-state index in [2.05, 4.69) is 12.2 Å². The van der Waals surface area contributed by atoms with Gasteiger partial charge in [0.15, 0.2) is 0 Å². The van der Waals surface area contributed by atoms with Crippen molar-refractivity contribution in [2.45, 2.75) is 26.8 Å². The lowest BCUT2D eigenvalue weighted by Gasteiger charge is -2.06. The van der Waals surface area contributed by atoms with Crippen LogP contribution in [0.25, 0.3) is 0 Å². The van der Waals surface area contributed by atoms with Gasteiger partial charge in [-0.25, -0.2) is 4.79 Å². The number of nitrogens with one attached hydrogen (secondary N) is 1. The van der Waals surface area contributed by atoms with E-state index >= 15 is 0 Å². The van der Waals surface area contributed by atoms with Crippen LogP contribution in [0.15, 0.2) is 48.5 Å². The van der Waals surface area contributed by atoms with Crippen molar-refractivity contribution in [3.63, 3.8) is 0 Å². The molecule has 1 N–H and O–H groups in total. The lowest BCUT2D eigenvalue weighted by Crippen LogP contribution is -2.18. The van der Waals surface area contributed by atoms with E-state index in [4.69, 9.17) is 4.74 Å². The molecule has 1 amide bonds. The second-order valence-electron chi connectivity index (χ2n) is 4.99. The summed E-state index contributed by atoms with van der Waals surface area (Å²) < 4.78 is 5.33. The minimum absolute atomic E-state index is 0.0842. The van der Waals surface area contributed by atoms with Gasteiger partial charge < -0.3 is 10.1 Å². The first-order chi connectivity index (χ1) is 10.6. The maximum Gasteiger partial charge on any atom is 0.343 e. The van der Waals surface area contributed by atoms with E-state index in [9.17, 15) is 9.59 Å². The molecular formula is C18H19NO3. The average molecular weight is 297 g/mol. The summed E-state index contributed by atoms with van der Waals surface area (Å²) in [6, 6.07) is 14.5. The van der Waals surface area contributed by atoms with E-state index in [1.807, 2.05) is 12.1 Å². The zero-order valence-electron chi connectivity index (χ0n) is 12.8. The predicted molar refractivity (Wildman–Crippen MR) is 84.7 cm³/mol. The fourth-order valence-electron chi connectivity index (χ4n) is 1.94. The largest absolute Gasteiger partial charge is 0.423 e. The molecule has 0 saturated heterocycles. The summed E-state index contributed by atoms with van der Waals surface area (Å²) in [5, 5.41) is 2.71. The molecule has 0 fully saturated rings. The third kappa shape index (κ3) is 4.45. The molecule has 0 atom stereocenters. The monoisotopic (exact) mass is 297 g/mol. The van der Waals surface area contributed by atoms with Crippen LogP contribution in [0.3, 0.4) is 0 Å². The fourth-order valence-corrected chi connectivity index (χ4v) is 1.94. The molecule has 0 aliphatic rings. The van der Waals surface area contributed by atoms with Gasteiger partial charge in [-0.2, -0.15) is 0 Å². The minimum Gasteiger partial charge on any atom is -0.423 e. The molecule has 0 heterocycles. The van der Waals surface area contributed by atoms with Crippen molar-refractivity contribution in [1.82, 2.24) is 5.32 Å². The van der Waals surface area contributed by atoms with Gasteiger partial charge >= 0.3 is 5.97 Å². The van der Waals surface area contributed by atoms with Gasteiger partial charge in [-0.15, -0.1) is 0 Å². The number of amides is 1. The number of hydrogen-bond acceptors (Lipinski definition) is 3. The van der Waals surface area contributed by atoms with Gasteiger partial charge in [0.05, 0.1) is 5.56 Å². The number of ether oxygens (including phenoxy) is 1. The highest BCUT2D eigenvalue weighted by atomic mass is 16.5. The van der Waals surface area contributed by atoms with Crippen LogP contribution in [0.2, 0.25) is 0 Å². The third-order valence-electron chi connectivity index (χ3n) is 3.27. The van der Waals surface area contributed by atoms with E-state index in [1.54, 1.807) is 36.4 Å². The summed E-state index contributed by atoms with van der Waals surface area (Å²) in [6.07, 6.45) is 0.948. The molecule has 2 aromatic rings. The van der Waals surface area contributed by atoms with Crippen LogP contribution in [-0.4, -0.2) is 11.9 Å². The molecule has 0 unspecified atom stereocenters. The normalized spacial score (nSPS) is 10.1. The van der Waals surface area contributed by atoms with Crippen LogP contribution in [0.5, 0.6) is 5.75 Å². The second-order valence-corrected chi connectivity index (χ2v) is 4.99. The average Bonchev–Trinajstić information content (AvgIpc) is 2.54. The Bertz CT molecular complexity index is 645. The summed E-state index contributed by atoms with van der Waals surface area (Å²) in [5.74, 6) is 0.0545. The molecule has 0 aromatic heterocycles. The van der Waals surface area contributed by atoms with Crippen molar-refractivity contribution in [3.8, 4) is 5.75 Å². The smallest absolute Gasteiger partial charge is 0.343 e. The summed E-state index contributed by atoms with van der Waals surface area (Å²) in [6.45, 7) is 3.99.